The first-order valence-electron chi connectivity index (χ1n) is 7.79. The molecule has 7 heteroatoms. The number of benzene rings is 1. The van der Waals surface area contributed by atoms with Gasteiger partial charge in [-0.25, -0.2) is 4.98 Å². The minimum atomic E-state index is -0.0336. The van der Waals surface area contributed by atoms with Crippen LogP contribution in [0.4, 0.5) is 0 Å². The van der Waals surface area contributed by atoms with Crippen molar-refractivity contribution in [3.63, 3.8) is 0 Å². The van der Waals surface area contributed by atoms with E-state index in [1.54, 1.807) is 11.3 Å². The molecule has 2 N–H and O–H groups in total. The molecule has 0 atom stereocenters. The zero-order valence-electron chi connectivity index (χ0n) is 13.7. The van der Waals surface area contributed by atoms with E-state index in [1.165, 1.54) is 17.3 Å². The number of H-pyrrole nitrogens is 1. The lowest BCUT2D eigenvalue weighted by Crippen LogP contribution is -2.24. The summed E-state index contributed by atoms with van der Waals surface area (Å²) in [6.07, 6.45) is 3.86. The number of aromatic amines is 1. The highest BCUT2D eigenvalue weighted by Gasteiger charge is 2.07. The number of rotatable bonds is 7. The first-order chi connectivity index (χ1) is 12.2. The van der Waals surface area contributed by atoms with E-state index < -0.39 is 0 Å². The van der Waals surface area contributed by atoms with Gasteiger partial charge in [-0.2, -0.15) is 0 Å². The molecule has 5 nitrogen and oxygen atoms in total. The summed E-state index contributed by atoms with van der Waals surface area (Å²) in [4.78, 5) is 17.5. The summed E-state index contributed by atoms with van der Waals surface area (Å²) in [5.74, 6) is 0.933. The molecule has 3 aromatic rings. The van der Waals surface area contributed by atoms with Crippen LogP contribution in [0.5, 0.6) is 0 Å². The van der Waals surface area contributed by atoms with Gasteiger partial charge in [-0.05, 0) is 41.6 Å². The Hall–Kier alpha value is -2.38. The lowest BCUT2D eigenvalue weighted by Gasteiger charge is -2.06. The average molecular weight is 371 g/mol. The fourth-order valence-electron chi connectivity index (χ4n) is 2.13. The van der Waals surface area contributed by atoms with Crippen molar-refractivity contribution in [3.05, 3.63) is 63.6 Å². The number of amides is 1. The maximum Gasteiger partial charge on any atom is 0.230 e. The summed E-state index contributed by atoms with van der Waals surface area (Å²) in [7, 11) is 0. The van der Waals surface area contributed by atoms with Gasteiger partial charge in [0.05, 0.1) is 5.75 Å². The van der Waals surface area contributed by atoms with Crippen LogP contribution >= 0.6 is 23.1 Å². The summed E-state index contributed by atoms with van der Waals surface area (Å²) < 4.78 is 0. The first kappa shape index (κ1) is 17.4. The summed E-state index contributed by atoms with van der Waals surface area (Å²) in [6, 6.07) is 12.1. The molecule has 0 aliphatic heterocycles. The van der Waals surface area contributed by atoms with E-state index in [0.717, 1.165) is 10.4 Å². The van der Waals surface area contributed by atoms with Crippen LogP contribution in [0, 0.1) is 6.92 Å². The van der Waals surface area contributed by atoms with Gasteiger partial charge in [0.1, 0.15) is 5.82 Å². The number of hydrogen-bond donors (Lipinski definition) is 2. The minimum absolute atomic E-state index is 0.0336. The predicted molar refractivity (Wildman–Crippen MR) is 103 cm³/mol. The van der Waals surface area contributed by atoms with Crippen LogP contribution in [-0.2, 0) is 11.3 Å². The van der Waals surface area contributed by atoms with Crippen LogP contribution in [0.15, 0.2) is 46.9 Å². The highest BCUT2D eigenvalue weighted by Crippen LogP contribution is 2.15. The molecule has 3 rings (SSSR count). The van der Waals surface area contributed by atoms with Gasteiger partial charge in [0.2, 0.25) is 11.1 Å². The Morgan fingerprint density at radius 2 is 2.16 bits per heavy atom. The molecule has 0 unspecified atom stereocenters. The van der Waals surface area contributed by atoms with E-state index in [2.05, 4.69) is 20.5 Å². The Morgan fingerprint density at radius 3 is 2.96 bits per heavy atom. The van der Waals surface area contributed by atoms with Crippen molar-refractivity contribution in [2.75, 3.05) is 5.75 Å². The molecular weight excluding hydrogens is 352 g/mol. The van der Waals surface area contributed by atoms with Gasteiger partial charge < -0.3 is 5.32 Å². The molecular formula is C18H18N4OS2. The largest absolute Gasteiger partial charge is 0.351 e. The molecule has 0 radical (unpaired) electrons. The van der Waals surface area contributed by atoms with Crippen LogP contribution in [-0.4, -0.2) is 26.8 Å². The number of carbonyl (C=O) groups excluding carboxylic acids is 1. The number of thiophene rings is 1. The molecule has 0 saturated heterocycles. The topological polar surface area (TPSA) is 70.7 Å². The summed E-state index contributed by atoms with van der Waals surface area (Å²) in [5, 5.41) is 12.5. The molecule has 128 valence electrons. The number of nitrogens with zero attached hydrogens (tertiary/aromatic N) is 2. The molecule has 0 aliphatic carbocycles. The van der Waals surface area contributed by atoms with Crippen molar-refractivity contribution in [1.82, 2.24) is 20.5 Å². The molecule has 0 spiro atoms. The fraction of sp³-hybridized carbons (Fsp3) is 0.167. The molecule has 1 aromatic carbocycles. The van der Waals surface area contributed by atoms with Gasteiger partial charge in [-0.3, -0.25) is 9.89 Å². The maximum absolute atomic E-state index is 12.0. The normalized spacial score (nSPS) is 11.1. The quantitative estimate of drug-likeness (QED) is 0.621. The Balaban J connectivity index is 1.45. The second-order valence-corrected chi connectivity index (χ2v) is 7.27. The van der Waals surface area contributed by atoms with E-state index in [4.69, 9.17) is 0 Å². The SMILES string of the molecule is Cc1ccccc1CNC(=O)CSc1n[nH]c(C=Cc2cccs2)n1. The van der Waals surface area contributed by atoms with Crippen LogP contribution in [0.3, 0.4) is 0 Å². The third-order valence-electron chi connectivity index (χ3n) is 3.50. The van der Waals surface area contributed by atoms with Crippen molar-refractivity contribution >= 4 is 41.2 Å². The Kier molecular flexibility index (Phi) is 6.03. The number of thioether (sulfide) groups is 1. The number of carbonyl (C=O) groups is 1. The Morgan fingerprint density at radius 1 is 1.28 bits per heavy atom. The van der Waals surface area contributed by atoms with Crippen molar-refractivity contribution in [3.8, 4) is 0 Å². The average Bonchev–Trinajstić information content (AvgIpc) is 3.29. The molecule has 0 saturated carbocycles. The smallest absolute Gasteiger partial charge is 0.230 e. The molecule has 0 aliphatic rings. The third-order valence-corrected chi connectivity index (χ3v) is 5.19. The van der Waals surface area contributed by atoms with E-state index in [9.17, 15) is 4.79 Å². The van der Waals surface area contributed by atoms with Crippen LogP contribution in [0.25, 0.3) is 12.2 Å². The summed E-state index contributed by atoms with van der Waals surface area (Å²) >= 11 is 2.98. The standard InChI is InChI=1S/C18H18N4OS2/c1-13-5-2-3-6-14(13)11-19-17(23)12-25-18-20-16(21-22-18)9-8-15-7-4-10-24-15/h2-10H,11-12H2,1H3,(H,19,23)(H,20,21,22). The van der Waals surface area contributed by atoms with Crippen LogP contribution in [0.2, 0.25) is 0 Å². The summed E-state index contributed by atoms with van der Waals surface area (Å²) in [6.45, 7) is 2.57. The molecule has 0 bridgehead atoms. The maximum atomic E-state index is 12.0. The highest BCUT2D eigenvalue weighted by molar-refractivity contribution is 7.99. The van der Waals surface area contributed by atoms with E-state index >= 15 is 0 Å². The van der Waals surface area contributed by atoms with E-state index in [1.807, 2.05) is 60.9 Å². The first-order valence-corrected chi connectivity index (χ1v) is 9.65. The summed E-state index contributed by atoms with van der Waals surface area (Å²) in [5.41, 5.74) is 2.30. The minimum Gasteiger partial charge on any atom is -0.351 e. The third kappa shape index (κ3) is 5.30. The number of hydrogen-bond acceptors (Lipinski definition) is 5. The zero-order valence-corrected chi connectivity index (χ0v) is 15.4. The van der Waals surface area contributed by atoms with Crippen LogP contribution in [0.1, 0.15) is 21.8 Å². The molecule has 0 fully saturated rings. The second kappa shape index (κ2) is 8.64. The predicted octanol–water partition coefficient (Wildman–Crippen LogP) is 3.75. The van der Waals surface area contributed by atoms with E-state index in [0.29, 0.717) is 17.5 Å². The molecule has 2 aromatic heterocycles. The zero-order chi connectivity index (χ0) is 17.5. The van der Waals surface area contributed by atoms with Gasteiger partial charge in [0.15, 0.2) is 0 Å². The molecule has 1 amide bonds. The molecule has 2 heterocycles. The van der Waals surface area contributed by atoms with Gasteiger partial charge in [-0.1, -0.05) is 42.1 Å². The molecule has 25 heavy (non-hydrogen) atoms. The van der Waals surface area contributed by atoms with Crippen molar-refractivity contribution in [2.24, 2.45) is 0 Å². The van der Waals surface area contributed by atoms with Crippen molar-refractivity contribution in [2.45, 2.75) is 18.6 Å². The van der Waals surface area contributed by atoms with Gasteiger partial charge in [0.25, 0.3) is 0 Å². The van der Waals surface area contributed by atoms with Crippen molar-refractivity contribution < 1.29 is 4.79 Å². The van der Waals surface area contributed by atoms with Crippen molar-refractivity contribution in [1.29, 1.82) is 0 Å². The lowest BCUT2D eigenvalue weighted by atomic mass is 10.1. The number of aromatic nitrogens is 3. The van der Waals surface area contributed by atoms with Gasteiger partial charge >= 0.3 is 0 Å². The Bertz CT molecular complexity index is 856. The lowest BCUT2D eigenvalue weighted by molar-refractivity contribution is -0.118. The second-order valence-electron chi connectivity index (χ2n) is 5.34. The highest BCUT2D eigenvalue weighted by atomic mass is 32.2. The number of aryl methyl sites for hydroxylation is 1. The number of nitrogens with one attached hydrogen (secondary N) is 2. The van der Waals surface area contributed by atoms with Crippen LogP contribution < -0.4 is 5.32 Å². The fourth-order valence-corrected chi connectivity index (χ4v) is 3.38. The monoisotopic (exact) mass is 370 g/mol. The van der Waals surface area contributed by atoms with Gasteiger partial charge in [0, 0.05) is 11.4 Å². The van der Waals surface area contributed by atoms with E-state index in [-0.39, 0.29) is 11.7 Å². The Labute approximate surface area is 154 Å². The van der Waals surface area contributed by atoms with Gasteiger partial charge in [-0.15, -0.1) is 16.4 Å².